The molecule has 4 heteroatoms. The summed E-state index contributed by atoms with van der Waals surface area (Å²) in [5.74, 6) is 0.718. The van der Waals surface area contributed by atoms with Crippen LogP contribution >= 0.6 is 0 Å². The Kier molecular flexibility index (Phi) is 3.83. The molecule has 96 valence electrons. The third kappa shape index (κ3) is 2.62. The lowest BCUT2D eigenvalue weighted by Gasteiger charge is -2.39. The summed E-state index contributed by atoms with van der Waals surface area (Å²) in [6.45, 7) is 2.34. The number of anilines is 1. The fourth-order valence-corrected chi connectivity index (χ4v) is 2.51. The first-order valence-electron chi connectivity index (χ1n) is 6.42. The smallest absolute Gasteiger partial charge is 0.101 e. The van der Waals surface area contributed by atoms with Crippen molar-refractivity contribution in [3.63, 3.8) is 0 Å². The molecule has 0 unspecified atom stereocenters. The van der Waals surface area contributed by atoms with E-state index in [1.54, 1.807) is 18.5 Å². The number of rotatable bonds is 3. The lowest BCUT2D eigenvalue weighted by molar-refractivity contribution is 0.155. The van der Waals surface area contributed by atoms with Gasteiger partial charge in [-0.2, -0.15) is 5.26 Å². The number of nitrogens with zero attached hydrogens (tertiary/aromatic N) is 2. The molecule has 18 heavy (non-hydrogen) atoms. The van der Waals surface area contributed by atoms with Crippen LogP contribution in [0, 0.1) is 17.2 Å². The van der Waals surface area contributed by atoms with Crippen LogP contribution in [0.5, 0.6) is 0 Å². The van der Waals surface area contributed by atoms with Crippen molar-refractivity contribution in [2.24, 2.45) is 5.92 Å². The lowest BCUT2D eigenvalue weighted by Crippen LogP contribution is -2.45. The van der Waals surface area contributed by atoms with E-state index in [2.05, 4.69) is 23.3 Å². The van der Waals surface area contributed by atoms with Gasteiger partial charge in [0.05, 0.1) is 29.6 Å². The second kappa shape index (κ2) is 5.36. The summed E-state index contributed by atoms with van der Waals surface area (Å²) in [6, 6.07) is 3.84. The van der Waals surface area contributed by atoms with E-state index in [9.17, 15) is 5.11 Å². The molecule has 0 aromatic carbocycles. The summed E-state index contributed by atoms with van der Waals surface area (Å²) < 4.78 is 0. The number of aliphatic hydroxyl groups is 1. The highest BCUT2D eigenvalue weighted by Crippen LogP contribution is 2.34. The van der Waals surface area contributed by atoms with Gasteiger partial charge in [0.15, 0.2) is 0 Å². The molecule has 0 spiro atoms. The minimum atomic E-state index is -0.291. The predicted molar refractivity (Wildman–Crippen MR) is 70.0 cm³/mol. The van der Waals surface area contributed by atoms with Gasteiger partial charge in [-0.15, -0.1) is 0 Å². The van der Waals surface area contributed by atoms with E-state index in [-0.39, 0.29) is 12.1 Å². The Balaban J connectivity index is 2.18. The first-order valence-corrected chi connectivity index (χ1v) is 6.42. The fourth-order valence-electron chi connectivity index (χ4n) is 2.51. The Morgan fingerprint density at radius 2 is 2.28 bits per heavy atom. The number of aromatic nitrogens is 1. The summed E-state index contributed by atoms with van der Waals surface area (Å²) in [7, 11) is 0. The monoisotopic (exact) mass is 245 g/mol. The standard InChI is InChI=1S/C14H19N3O/c1-11-2-5-14(10-18,6-3-11)17-13-9-16-7-4-12(13)8-15/h4,7,9,11,17-18H,2-3,5-6,10H2,1H3. The van der Waals surface area contributed by atoms with Crippen molar-refractivity contribution in [2.45, 2.75) is 38.1 Å². The van der Waals surface area contributed by atoms with Gasteiger partial charge >= 0.3 is 0 Å². The maximum Gasteiger partial charge on any atom is 0.101 e. The highest BCUT2D eigenvalue weighted by Gasteiger charge is 2.33. The van der Waals surface area contributed by atoms with Crippen LogP contribution in [-0.4, -0.2) is 22.2 Å². The Bertz CT molecular complexity index is 445. The molecule has 0 amide bonds. The molecule has 4 nitrogen and oxygen atoms in total. The minimum absolute atomic E-state index is 0.0967. The van der Waals surface area contributed by atoms with E-state index in [0.717, 1.165) is 37.3 Å². The van der Waals surface area contributed by atoms with Crippen molar-refractivity contribution < 1.29 is 5.11 Å². The van der Waals surface area contributed by atoms with Crippen LogP contribution in [-0.2, 0) is 0 Å². The second-order valence-electron chi connectivity index (χ2n) is 5.28. The van der Waals surface area contributed by atoms with Crippen molar-refractivity contribution in [2.75, 3.05) is 11.9 Å². The average Bonchev–Trinajstić information content (AvgIpc) is 2.42. The Labute approximate surface area is 108 Å². The van der Waals surface area contributed by atoms with Gasteiger partial charge in [-0.05, 0) is 37.7 Å². The molecule has 0 saturated heterocycles. The highest BCUT2D eigenvalue weighted by molar-refractivity contribution is 5.57. The van der Waals surface area contributed by atoms with Gasteiger partial charge < -0.3 is 10.4 Å². The van der Waals surface area contributed by atoms with Crippen molar-refractivity contribution in [3.05, 3.63) is 24.0 Å². The molecule has 0 atom stereocenters. The number of nitriles is 1. The van der Waals surface area contributed by atoms with Crippen LogP contribution < -0.4 is 5.32 Å². The number of nitrogens with one attached hydrogen (secondary N) is 1. The van der Waals surface area contributed by atoms with Crippen LogP contribution in [0.2, 0.25) is 0 Å². The topological polar surface area (TPSA) is 68.9 Å². The Morgan fingerprint density at radius 1 is 1.56 bits per heavy atom. The zero-order valence-electron chi connectivity index (χ0n) is 10.7. The van der Waals surface area contributed by atoms with Gasteiger partial charge in [-0.25, -0.2) is 0 Å². The summed E-state index contributed by atoms with van der Waals surface area (Å²) >= 11 is 0. The van der Waals surface area contributed by atoms with Crippen LogP contribution in [0.25, 0.3) is 0 Å². The van der Waals surface area contributed by atoms with E-state index >= 15 is 0 Å². The van der Waals surface area contributed by atoms with Gasteiger partial charge in [0, 0.05) is 6.20 Å². The van der Waals surface area contributed by atoms with E-state index < -0.39 is 0 Å². The molecule has 1 aromatic heterocycles. The third-order valence-corrected chi connectivity index (χ3v) is 3.88. The third-order valence-electron chi connectivity index (χ3n) is 3.88. The maximum atomic E-state index is 9.69. The molecule has 0 bridgehead atoms. The molecule has 1 saturated carbocycles. The second-order valence-corrected chi connectivity index (χ2v) is 5.28. The molecule has 1 aliphatic carbocycles. The largest absolute Gasteiger partial charge is 0.394 e. The first kappa shape index (κ1) is 12.8. The highest BCUT2D eigenvalue weighted by atomic mass is 16.3. The van der Waals surface area contributed by atoms with Crippen LogP contribution in [0.3, 0.4) is 0 Å². The summed E-state index contributed by atoms with van der Waals surface area (Å²) in [5, 5.41) is 22.1. The SMILES string of the molecule is CC1CCC(CO)(Nc2cnccc2C#N)CC1. The average molecular weight is 245 g/mol. The molecular formula is C14H19N3O. The van der Waals surface area contributed by atoms with E-state index in [1.165, 1.54) is 0 Å². The van der Waals surface area contributed by atoms with Crippen LogP contribution in [0.1, 0.15) is 38.2 Å². The van der Waals surface area contributed by atoms with Gasteiger partial charge in [0.2, 0.25) is 0 Å². The number of pyridine rings is 1. The van der Waals surface area contributed by atoms with Gasteiger partial charge in [0.1, 0.15) is 6.07 Å². The Morgan fingerprint density at radius 3 is 2.89 bits per heavy atom. The molecule has 1 aliphatic rings. The van der Waals surface area contributed by atoms with E-state index in [0.29, 0.717) is 5.56 Å². The van der Waals surface area contributed by atoms with Crippen molar-refractivity contribution >= 4 is 5.69 Å². The molecule has 1 fully saturated rings. The normalized spacial score (nSPS) is 27.5. The maximum absolute atomic E-state index is 9.69. The summed E-state index contributed by atoms with van der Waals surface area (Å²) in [4.78, 5) is 4.04. The molecule has 1 aromatic rings. The number of hydrogen-bond donors (Lipinski definition) is 2. The van der Waals surface area contributed by atoms with Crippen LogP contribution in [0.4, 0.5) is 5.69 Å². The van der Waals surface area contributed by atoms with Gasteiger partial charge in [0.25, 0.3) is 0 Å². The quantitative estimate of drug-likeness (QED) is 0.857. The fraction of sp³-hybridized carbons (Fsp3) is 0.571. The predicted octanol–water partition coefficient (Wildman–Crippen LogP) is 2.31. The Hall–Kier alpha value is -1.60. The zero-order valence-corrected chi connectivity index (χ0v) is 10.7. The van der Waals surface area contributed by atoms with Crippen molar-refractivity contribution in [1.82, 2.24) is 4.98 Å². The van der Waals surface area contributed by atoms with Crippen molar-refractivity contribution in [1.29, 1.82) is 5.26 Å². The minimum Gasteiger partial charge on any atom is -0.394 e. The zero-order chi connectivity index (χ0) is 13.0. The molecule has 1 heterocycles. The van der Waals surface area contributed by atoms with Gasteiger partial charge in [-0.1, -0.05) is 6.92 Å². The summed E-state index contributed by atoms with van der Waals surface area (Å²) in [6.07, 6.45) is 7.35. The van der Waals surface area contributed by atoms with Crippen molar-refractivity contribution in [3.8, 4) is 6.07 Å². The van der Waals surface area contributed by atoms with E-state index in [1.807, 2.05) is 0 Å². The molecule has 2 rings (SSSR count). The first-order chi connectivity index (χ1) is 8.69. The lowest BCUT2D eigenvalue weighted by atomic mass is 9.77. The molecule has 0 radical (unpaired) electrons. The van der Waals surface area contributed by atoms with Crippen LogP contribution in [0.15, 0.2) is 18.5 Å². The number of hydrogen-bond acceptors (Lipinski definition) is 4. The molecular weight excluding hydrogens is 226 g/mol. The molecule has 2 N–H and O–H groups in total. The van der Waals surface area contributed by atoms with Gasteiger partial charge in [-0.3, -0.25) is 4.98 Å². The summed E-state index contributed by atoms with van der Waals surface area (Å²) in [5.41, 5.74) is 1.02. The number of aliphatic hydroxyl groups excluding tert-OH is 1. The molecule has 0 aliphatic heterocycles. The van der Waals surface area contributed by atoms with E-state index in [4.69, 9.17) is 5.26 Å².